The van der Waals surface area contributed by atoms with Crippen molar-refractivity contribution in [1.82, 2.24) is 9.38 Å². The number of nitrogens with zero attached hydrogens (tertiary/aromatic N) is 2. The van der Waals surface area contributed by atoms with Crippen molar-refractivity contribution in [2.45, 2.75) is 10.6 Å². The van der Waals surface area contributed by atoms with E-state index in [1.165, 1.54) is 30.6 Å². The van der Waals surface area contributed by atoms with Crippen LogP contribution in [0.1, 0.15) is 5.69 Å². The molecule has 2 N–H and O–H groups in total. The van der Waals surface area contributed by atoms with Crippen LogP contribution in [0.5, 0.6) is 5.75 Å². The van der Waals surface area contributed by atoms with E-state index in [2.05, 4.69) is 4.98 Å². The molecule has 0 fully saturated rings. The third-order valence-corrected chi connectivity index (χ3v) is 5.46. The van der Waals surface area contributed by atoms with Crippen molar-refractivity contribution in [2.75, 3.05) is 12.8 Å². The Bertz CT molecular complexity index is 868. The monoisotopic (exact) mass is 323 g/mol. The summed E-state index contributed by atoms with van der Waals surface area (Å²) in [7, 11) is -2.13. The fourth-order valence-corrected chi connectivity index (χ4v) is 4.19. The Morgan fingerprint density at radius 1 is 1.43 bits per heavy atom. The third-order valence-electron chi connectivity index (χ3n) is 3.00. The average molecular weight is 323 g/mol. The van der Waals surface area contributed by atoms with E-state index in [4.69, 9.17) is 10.5 Å². The molecule has 21 heavy (non-hydrogen) atoms. The molecular weight excluding hydrogens is 310 g/mol. The lowest BCUT2D eigenvalue weighted by molar-refractivity contribution is 0.403. The van der Waals surface area contributed by atoms with Gasteiger partial charge in [-0.25, -0.2) is 13.4 Å². The Kier molecular flexibility index (Phi) is 3.34. The van der Waals surface area contributed by atoms with Gasteiger partial charge in [-0.15, -0.1) is 11.3 Å². The van der Waals surface area contributed by atoms with Crippen LogP contribution in [-0.2, 0) is 15.6 Å². The van der Waals surface area contributed by atoms with Crippen LogP contribution in [-0.4, -0.2) is 24.9 Å². The Labute approximate surface area is 125 Å². The van der Waals surface area contributed by atoms with Gasteiger partial charge < -0.3 is 10.5 Å². The predicted octanol–water partition coefficient (Wildman–Crippen LogP) is 1.96. The molecule has 0 amide bonds. The minimum absolute atomic E-state index is 0.121. The fraction of sp³-hybridized carbons (Fsp3) is 0.154. The van der Waals surface area contributed by atoms with E-state index < -0.39 is 9.84 Å². The van der Waals surface area contributed by atoms with Gasteiger partial charge >= 0.3 is 0 Å². The molecule has 0 saturated carbocycles. The summed E-state index contributed by atoms with van der Waals surface area (Å²) in [4.78, 5) is 5.18. The summed E-state index contributed by atoms with van der Waals surface area (Å²) in [6, 6.07) is 4.50. The lowest BCUT2D eigenvalue weighted by atomic mass is 10.3. The number of nitrogens with two attached hydrogens (primary N) is 1. The molecule has 0 aliphatic heterocycles. The number of rotatable bonds is 4. The van der Waals surface area contributed by atoms with E-state index in [1.54, 1.807) is 16.7 Å². The highest BCUT2D eigenvalue weighted by molar-refractivity contribution is 7.90. The number of hydrogen-bond donors (Lipinski definition) is 1. The predicted molar refractivity (Wildman–Crippen MR) is 81.4 cm³/mol. The molecule has 8 heteroatoms. The summed E-state index contributed by atoms with van der Waals surface area (Å²) in [6.07, 6.45) is 3.56. The highest BCUT2D eigenvalue weighted by Crippen LogP contribution is 2.28. The summed E-state index contributed by atoms with van der Waals surface area (Å²) in [5.74, 6) is 0.0674. The third kappa shape index (κ3) is 2.59. The maximum Gasteiger partial charge on any atom is 0.193 e. The number of sulfone groups is 1. The van der Waals surface area contributed by atoms with Crippen LogP contribution in [0.25, 0.3) is 4.96 Å². The zero-order chi connectivity index (χ0) is 15.0. The molecule has 0 saturated heterocycles. The molecule has 0 radical (unpaired) electrons. The Morgan fingerprint density at radius 3 is 2.95 bits per heavy atom. The number of nitrogen functional groups attached to an aromatic ring is 1. The Morgan fingerprint density at radius 2 is 2.24 bits per heavy atom. The number of aromatic nitrogens is 2. The lowest BCUT2D eigenvalue weighted by Gasteiger charge is -2.09. The maximum atomic E-state index is 12.5. The van der Waals surface area contributed by atoms with E-state index >= 15 is 0 Å². The molecule has 0 atom stereocenters. The zero-order valence-electron chi connectivity index (χ0n) is 11.2. The van der Waals surface area contributed by atoms with E-state index in [0.29, 0.717) is 11.4 Å². The van der Waals surface area contributed by atoms with E-state index in [0.717, 1.165) is 4.96 Å². The van der Waals surface area contributed by atoms with Crippen LogP contribution in [0.3, 0.4) is 0 Å². The average Bonchev–Trinajstić information content (AvgIpc) is 2.98. The summed E-state index contributed by atoms with van der Waals surface area (Å²) < 4.78 is 32.0. The van der Waals surface area contributed by atoms with Crippen molar-refractivity contribution in [2.24, 2.45) is 0 Å². The summed E-state index contributed by atoms with van der Waals surface area (Å²) in [5.41, 5.74) is 6.60. The normalized spacial score (nSPS) is 11.9. The number of benzene rings is 1. The minimum atomic E-state index is -3.55. The van der Waals surface area contributed by atoms with Crippen molar-refractivity contribution in [3.05, 3.63) is 41.7 Å². The quantitative estimate of drug-likeness (QED) is 0.742. The van der Waals surface area contributed by atoms with Crippen molar-refractivity contribution < 1.29 is 13.2 Å². The number of anilines is 1. The summed E-state index contributed by atoms with van der Waals surface area (Å²) >= 11 is 1.46. The molecule has 110 valence electrons. The molecule has 0 unspecified atom stereocenters. The minimum Gasteiger partial charge on any atom is -0.495 e. The number of hydrogen-bond acceptors (Lipinski definition) is 6. The summed E-state index contributed by atoms with van der Waals surface area (Å²) in [5, 5.41) is 1.89. The molecule has 1 aromatic carbocycles. The highest BCUT2D eigenvalue weighted by Gasteiger charge is 2.22. The highest BCUT2D eigenvalue weighted by atomic mass is 32.2. The first-order valence-electron chi connectivity index (χ1n) is 6.07. The number of ether oxygens (including phenoxy) is 1. The van der Waals surface area contributed by atoms with Crippen LogP contribution in [0, 0.1) is 0 Å². The van der Waals surface area contributed by atoms with Gasteiger partial charge in [0, 0.05) is 29.5 Å². The SMILES string of the molecule is COc1cc(N)ccc1S(=O)(=O)Cc1cn2ccsc2n1. The zero-order valence-corrected chi connectivity index (χ0v) is 12.8. The van der Waals surface area contributed by atoms with Gasteiger partial charge in [0.15, 0.2) is 14.8 Å². The molecule has 0 spiro atoms. The first kappa shape index (κ1) is 13.9. The number of imidazole rings is 1. The van der Waals surface area contributed by atoms with Crippen LogP contribution < -0.4 is 10.5 Å². The Balaban J connectivity index is 1.98. The molecular formula is C13H13N3O3S2. The van der Waals surface area contributed by atoms with Crippen LogP contribution in [0.2, 0.25) is 0 Å². The summed E-state index contributed by atoms with van der Waals surface area (Å²) in [6.45, 7) is 0. The van der Waals surface area contributed by atoms with Gasteiger partial charge in [0.1, 0.15) is 10.6 Å². The fourth-order valence-electron chi connectivity index (χ4n) is 2.06. The van der Waals surface area contributed by atoms with Gasteiger partial charge in [0.25, 0.3) is 0 Å². The second-order valence-corrected chi connectivity index (χ2v) is 7.33. The van der Waals surface area contributed by atoms with Gasteiger partial charge in [-0.2, -0.15) is 0 Å². The van der Waals surface area contributed by atoms with E-state index in [1.807, 2.05) is 11.6 Å². The molecule has 3 aromatic rings. The van der Waals surface area contributed by atoms with E-state index in [9.17, 15) is 8.42 Å². The van der Waals surface area contributed by atoms with Gasteiger partial charge in [-0.3, -0.25) is 4.40 Å². The molecule has 2 heterocycles. The second kappa shape index (κ2) is 5.05. The Hall–Kier alpha value is -2.06. The van der Waals surface area contributed by atoms with Gasteiger partial charge in [0.05, 0.1) is 18.6 Å². The second-order valence-electron chi connectivity index (χ2n) is 4.49. The topological polar surface area (TPSA) is 86.7 Å². The van der Waals surface area contributed by atoms with Gasteiger partial charge in [0.2, 0.25) is 0 Å². The first-order chi connectivity index (χ1) is 9.99. The van der Waals surface area contributed by atoms with Gasteiger partial charge in [-0.05, 0) is 12.1 Å². The van der Waals surface area contributed by atoms with E-state index in [-0.39, 0.29) is 16.4 Å². The molecule has 2 aromatic heterocycles. The largest absolute Gasteiger partial charge is 0.495 e. The number of fused-ring (bicyclic) bond motifs is 1. The first-order valence-corrected chi connectivity index (χ1v) is 8.60. The van der Waals surface area contributed by atoms with Crippen LogP contribution >= 0.6 is 11.3 Å². The van der Waals surface area contributed by atoms with Crippen molar-refractivity contribution >= 4 is 31.8 Å². The van der Waals surface area contributed by atoms with Crippen molar-refractivity contribution in [1.29, 1.82) is 0 Å². The van der Waals surface area contributed by atoms with Gasteiger partial charge in [-0.1, -0.05) is 0 Å². The van der Waals surface area contributed by atoms with Crippen LogP contribution in [0.15, 0.2) is 40.9 Å². The maximum absolute atomic E-state index is 12.5. The van der Waals surface area contributed by atoms with Crippen molar-refractivity contribution in [3.63, 3.8) is 0 Å². The molecule has 0 aliphatic carbocycles. The van der Waals surface area contributed by atoms with Crippen molar-refractivity contribution in [3.8, 4) is 5.75 Å². The van der Waals surface area contributed by atoms with Crippen LogP contribution in [0.4, 0.5) is 5.69 Å². The molecule has 3 rings (SSSR count). The molecule has 0 aliphatic rings. The molecule has 0 bridgehead atoms. The number of methoxy groups -OCH3 is 1. The molecule has 6 nitrogen and oxygen atoms in total. The lowest BCUT2D eigenvalue weighted by Crippen LogP contribution is -2.07. The number of thiazole rings is 1. The smallest absolute Gasteiger partial charge is 0.193 e. The standard InChI is InChI=1S/C13H13N3O3S2/c1-19-11-6-9(14)2-3-12(11)21(17,18)8-10-7-16-4-5-20-13(16)15-10/h2-7H,8,14H2,1H3.